The van der Waals surface area contributed by atoms with Gasteiger partial charge in [-0.2, -0.15) is 0 Å². The molecule has 48 heavy (non-hydrogen) atoms. The third kappa shape index (κ3) is 9.97. The zero-order valence-electron chi connectivity index (χ0n) is 27.6. The first kappa shape index (κ1) is 35.2. The van der Waals surface area contributed by atoms with Crippen LogP contribution in [-0.4, -0.2) is 56.9 Å². The number of ether oxygens (including phenoxy) is 7. The van der Waals surface area contributed by atoms with E-state index in [4.69, 9.17) is 33.2 Å². The Morgan fingerprint density at radius 2 is 0.708 bits per heavy atom. The second kappa shape index (κ2) is 19.1. The van der Waals surface area contributed by atoms with Crippen molar-refractivity contribution in [1.82, 2.24) is 0 Å². The van der Waals surface area contributed by atoms with Gasteiger partial charge in [0.15, 0.2) is 0 Å². The summed E-state index contributed by atoms with van der Waals surface area (Å²) in [5, 5.41) is 0. The summed E-state index contributed by atoms with van der Waals surface area (Å²) in [6.07, 6.45) is -0.0504. The average molecular weight is 651 g/mol. The molecule has 0 N–H and O–H groups in total. The van der Waals surface area contributed by atoms with Gasteiger partial charge in [0, 0.05) is 0 Å². The summed E-state index contributed by atoms with van der Waals surface area (Å²) in [6.45, 7) is 9.77. The van der Waals surface area contributed by atoms with E-state index in [-0.39, 0.29) is 13.2 Å². The van der Waals surface area contributed by atoms with E-state index in [1.54, 1.807) is 19.3 Å². The van der Waals surface area contributed by atoms with Gasteiger partial charge in [0.1, 0.15) is 42.4 Å². The van der Waals surface area contributed by atoms with Gasteiger partial charge < -0.3 is 33.2 Å². The van der Waals surface area contributed by atoms with Crippen molar-refractivity contribution in [2.24, 2.45) is 0 Å². The van der Waals surface area contributed by atoms with E-state index in [0.29, 0.717) is 26.4 Å². The average Bonchev–Trinajstić information content (AvgIpc) is 3.14. The Morgan fingerprint density at radius 3 is 1.00 bits per heavy atom. The zero-order valence-corrected chi connectivity index (χ0v) is 27.6. The van der Waals surface area contributed by atoms with Gasteiger partial charge in [0.25, 0.3) is 0 Å². The molecule has 7 heteroatoms. The smallest absolute Gasteiger partial charge is 0.118 e. The van der Waals surface area contributed by atoms with E-state index >= 15 is 0 Å². The molecule has 0 saturated heterocycles. The number of hydrogen-bond acceptors (Lipinski definition) is 7. The summed E-state index contributed by atoms with van der Waals surface area (Å²) in [7, 11) is 1.65. The van der Waals surface area contributed by atoms with Crippen molar-refractivity contribution in [3.63, 3.8) is 0 Å². The highest BCUT2D eigenvalue weighted by molar-refractivity contribution is 5.27. The molecule has 0 amide bonds. The Kier molecular flexibility index (Phi) is 14.0. The molecule has 4 aromatic carbocycles. The molecule has 0 heterocycles. The normalized spacial score (nSPS) is 22.2. The van der Waals surface area contributed by atoms with Gasteiger partial charge in [-0.05, 0) is 34.4 Å². The van der Waals surface area contributed by atoms with Crippen LogP contribution in [0.5, 0.6) is 5.75 Å². The monoisotopic (exact) mass is 650 g/mol. The number of hydrogen-bond donors (Lipinski definition) is 0. The van der Waals surface area contributed by atoms with Gasteiger partial charge >= 0.3 is 0 Å². The maximum atomic E-state index is 6.79. The summed E-state index contributed by atoms with van der Waals surface area (Å²) >= 11 is 0. The second-order valence-electron chi connectivity index (χ2n) is 11.6. The van der Waals surface area contributed by atoms with Crippen LogP contribution in [0.4, 0.5) is 0 Å². The van der Waals surface area contributed by atoms with Gasteiger partial charge in [-0.25, -0.2) is 0 Å². The molecule has 0 aliphatic heterocycles. The molecule has 6 atom stereocenters. The molecule has 1 aliphatic rings. The molecule has 0 bridgehead atoms. The zero-order chi connectivity index (χ0) is 33.4. The fourth-order valence-corrected chi connectivity index (χ4v) is 5.83. The molecule has 1 fully saturated rings. The summed E-state index contributed by atoms with van der Waals surface area (Å²) in [5.74, 6) is 0.776. The number of methoxy groups -OCH3 is 1. The minimum Gasteiger partial charge on any atom is -0.497 e. The van der Waals surface area contributed by atoms with E-state index in [9.17, 15) is 0 Å². The fourth-order valence-electron chi connectivity index (χ4n) is 5.83. The molecule has 7 nitrogen and oxygen atoms in total. The summed E-state index contributed by atoms with van der Waals surface area (Å²) in [5.41, 5.74) is 4.07. The molecule has 1 saturated carbocycles. The second-order valence-corrected chi connectivity index (χ2v) is 11.6. The first-order valence-corrected chi connectivity index (χ1v) is 16.4. The predicted octanol–water partition coefficient (Wildman–Crippen LogP) is 7.49. The fraction of sp³-hybridized carbons (Fsp3) is 0.317. The molecular weight excluding hydrogens is 604 g/mol. The van der Waals surface area contributed by atoms with Crippen LogP contribution in [0.2, 0.25) is 0 Å². The van der Waals surface area contributed by atoms with Crippen molar-refractivity contribution in [1.29, 1.82) is 0 Å². The van der Waals surface area contributed by atoms with Gasteiger partial charge in [-0.3, -0.25) is 0 Å². The molecule has 4 aromatic rings. The minimum atomic E-state index is -0.595. The minimum absolute atomic E-state index is 0.285. The van der Waals surface area contributed by atoms with Crippen molar-refractivity contribution in [2.45, 2.75) is 63.1 Å². The van der Waals surface area contributed by atoms with E-state index in [2.05, 4.69) is 13.2 Å². The molecule has 0 aromatic heterocycles. The highest BCUT2D eigenvalue weighted by atomic mass is 16.6. The third-order valence-corrected chi connectivity index (χ3v) is 8.21. The van der Waals surface area contributed by atoms with Crippen molar-refractivity contribution < 1.29 is 33.2 Å². The topological polar surface area (TPSA) is 64.6 Å². The van der Waals surface area contributed by atoms with E-state index < -0.39 is 36.6 Å². The van der Waals surface area contributed by atoms with E-state index in [0.717, 1.165) is 28.0 Å². The van der Waals surface area contributed by atoms with Crippen molar-refractivity contribution in [3.05, 3.63) is 163 Å². The maximum Gasteiger partial charge on any atom is 0.118 e. The van der Waals surface area contributed by atoms with Gasteiger partial charge in [0.05, 0.1) is 46.8 Å². The molecule has 5 rings (SSSR count). The van der Waals surface area contributed by atoms with Gasteiger partial charge in [-0.15, -0.1) is 13.2 Å². The SMILES string of the molecule is C=CCO[C@@H]1[C@@H](OCc2ccccc2)[C@@H](OCc2ccccc2)[C@@H](OCC=C)[C@H](OCc2ccc(OC)cc2)[C@H]1OCc1ccccc1. The molecular formula is C41H46O7. The van der Waals surface area contributed by atoms with Gasteiger partial charge in [-0.1, -0.05) is 115 Å². The standard InChI is InChI=1S/C41H46O7/c1-4-25-43-36-38(45-27-31-15-9-6-10-16-31)39(46-28-32-17-11-7-12-18-32)37(44-26-5-2)41(40(36)47-29-33-19-13-8-14-20-33)48-30-34-21-23-35(42-3)24-22-34/h4-24,36-41H,1-2,25-30H2,3H3/t36-,37-,38-,39+,40+,41+/m1/s1. The van der Waals surface area contributed by atoms with Crippen LogP contribution in [-0.2, 0) is 54.8 Å². The van der Waals surface area contributed by atoms with Crippen LogP contribution in [0.3, 0.4) is 0 Å². The Bertz CT molecular complexity index is 1480. The lowest BCUT2D eigenvalue weighted by Gasteiger charge is -2.49. The van der Waals surface area contributed by atoms with Crippen molar-refractivity contribution in [2.75, 3.05) is 20.3 Å². The Morgan fingerprint density at radius 1 is 0.417 bits per heavy atom. The lowest BCUT2D eigenvalue weighted by atomic mass is 9.83. The predicted molar refractivity (Wildman–Crippen MR) is 187 cm³/mol. The molecule has 0 radical (unpaired) electrons. The first-order chi connectivity index (χ1) is 23.7. The van der Waals surface area contributed by atoms with E-state index in [1.807, 2.05) is 115 Å². The van der Waals surface area contributed by atoms with E-state index in [1.165, 1.54) is 0 Å². The first-order valence-electron chi connectivity index (χ1n) is 16.4. The summed E-state index contributed by atoms with van der Waals surface area (Å²) in [4.78, 5) is 0. The lowest BCUT2D eigenvalue weighted by molar-refractivity contribution is -0.286. The summed E-state index contributed by atoms with van der Waals surface area (Å²) < 4.78 is 45.6. The molecule has 0 unspecified atom stereocenters. The maximum absolute atomic E-state index is 6.79. The molecule has 0 spiro atoms. The van der Waals surface area contributed by atoms with Crippen LogP contribution >= 0.6 is 0 Å². The Balaban J connectivity index is 1.53. The van der Waals surface area contributed by atoms with Crippen LogP contribution in [0.1, 0.15) is 22.3 Å². The van der Waals surface area contributed by atoms with Crippen LogP contribution in [0.25, 0.3) is 0 Å². The van der Waals surface area contributed by atoms with Crippen LogP contribution in [0.15, 0.2) is 141 Å². The number of rotatable bonds is 19. The van der Waals surface area contributed by atoms with Crippen LogP contribution < -0.4 is 4.74 Å². The van der Waals surface area contributed by atoms with Crippen molar-refractivity contribution >= 4 is 0 Å². The number of benzene rings is 4. The lowest BCUT2D eigenvalue weighted by Crippen LogP contribution is -2.67. The van der Waals surface area contributed by atoms with Crippen LogP contribution in [0, 0.1) is 0 Å². The molecule has 1 aliphatic carbocycles. The Labute approximate surface area is 284 Å². The summed E-state index contributed by atoms with van der Waals surface area (Å²) in [6, 6.07) is 38.0. The third-order valence-electron chi connectivity index (χ3n) is 8.21. The largest absolute Gasteiger partial charge is 0.497 e. The van der Waals surface area contributed by atoms with Crippen molar-refractivity contribution in [3.8, 4) is 5.75 Å². The van der Waals surface area contributed by atoms with Gasteiger partial charge in [0.2, 0.25) is 0 Å². The highest BCUT2D eigenvalue weighted by Crippen LogP contribution is 2.36. The quantitative estimate of drug-likeness (QED) is 0.0975. The molecule has 252 valence electrons. The highest BCUT2D eigenvalue weighted by Gasteiger charge is 2.55. The Hall–Kier alpha value is -4.08.